The zero-order valence-electron chi connectivity index (χ0n) is 20.8. The Kier molecular flexibility index (Phi) is 8.94. The minimum absolute atomic E-state index is 0.138. The standard InChI is InChI=1S/C29H33ClN2O3/c1-29(2,3)31-28(34)26(18-21-10-6-5-7-11-21)32(20-23-13-9-15-25(17-23)35-4)27(33)19-22-12-8-14-24(30)16-22/h5-17,26H,18-20H2,1-4H3,(H,31,34)/t26-/m0/s1. The molecular formula is C29H33ClN2O3. The maximum absolute atomic E-state index is 13.8. The van der Waals surface area contributed by atoms with Gasteiger partial charge in [0.15, 0.2) is 0 Å². The van der Waals surface area contributed by atoms with Crippen molar-refractivity contribution in [2.45, 2.75) is 51.7 Å². The molecule has 3 aromatic carbocycles. The number of hydrogen-bond acceptors (Lipinski definition) is 3. The average molecular weight is 493 g/mol. The van der Waals surface area contributed by atoms with Gasteiger partial charge in [-0.05, 0) is 61.7 Å². The van der Waals surface area contributed by atoms with E-state index < -0.39 is 11.6 Å². The van der Waals surface area contributed by atoms with Crippen LogP contribution in [0.1, 0.15) is 37.5 Å². The van der Waals surface area contributed by atoms with E-state index in [9.17, 15) is 9.59 Å². The second-order valence-corrected chi connectivity index (χ2v) is 10.1. The predicted octanol–water partition coefficient (Wildman–Crippen LogP) is 5.45. The van der Waals surface area contributed by atoms with Crippen LogP contribution >= 0.6 is 11.6 Å². The largest absolute Gasteiger partial charge is 0.497 e. The molecule has 0 saturated heterocycles. The molecule has 0 aliphatic rings. The normalized spacial score (nSPS) is 12.0. The van der Waals surface area contributed by atoms with Crippen molar-refractivity contribution in [2.24, 2.45) is 0 Å². The predicted molar refractivity (Wildman–Crippen MR) is 141 cm³/mol. The zero-order valence-corrected chi connectivity index (χ0v) is 21.5. The summed E-state index contributed by atoms with van der Waals surface area (Å²) in [4.78, 5) is 29.0. The van der Waals surface area contributed by atoms with Gasteiger partial charge in [-0.1, -0.05) is 66.2 Å². The van der Waals surface area contributed by atoms with Gasteiger partial charge < -0.3 is 15.0 Å². The van der Waals surface area contributed by atoms with E-state index >= 15 is 0 Å². The van der Waals surface area contributed by atoms with E-state index in [0.29, 0.717) is 17.2 Å². The Morgan fingerprint density at radius 3 is 2.23 bits per heavy atom. The molecule has 184 valence electrons. The maximum Gasteiger partial charge on any atom is 0.243 e. The van der Waals surface area contributed by atoms with Crippen LogP contribution in [0, 0.1) is 0 Å². The van der Waals surface area contributed by atoms with E-state index in [1.165, 1.54) is 0 Å². The maximum atomic E-state index is 13.8. The lowest BCUT2D eigenvalue weighted by molar-refractivity contribution is -0.141. The Hall–Kier alpha value is -3.31. The van der Waals surface area contributed by atoms with Crippen LogP contribution in [0.15, 0.2) is 78.9 Å². The van der Waals surface area contributed by atoms with Crippen molar-refractivity contribution in [3.63, 3.8) is 0 Å². The first-order valence-electron chi connectivity index (χ1n) is 11.7. The third-order valence-corrected chi connectivity index (χ3v) is 5.74. The van der Waals surface area contributed by atoms with Crippen molar-refractivity contribution in [2.75, 3.05) is 7.11 Å². The Labute approximate surface area is 213 Å². The van der Waals surface area contributed by atoms with E-state index in [4.69, 9.17) is 16.3 Å². The van der Waals surface area contributed by atoms with Crippen LogP contribution in [0.2, 0.25) is 5.02 Å². The van der Waals surface area contributed by atoms with E-state index in [1.54, 1.807) is 24.1 Å². The number of benzene rings is 3. The first-order chi connectivity index (χ1) is 16.6. The van der Waals surface area contributed by atoms with Crippen LogP contribution in [0.4, 0.5) is 0 Å². The van der Waals surface area contributed by atoms with E-state index in [1.807, 2.05) is 87.5 Å². The van der Waals surface area contributed by atoms with Crippen molar-refractivity contribution in [1.29, 1.82) is 0 Å². The molecule has 1 N–H and O–H groups in total. The molecule has 35 heavy (non-hydrogen) atoms. The summed E-state index contributed by atoms with van der Waals surface area (Å²) in [7, 11) is 1.61. The second-order valence-electron chi connectivity index (χ2n) is 9.62. The first kappa shape index (κ1) is 26.3. The fraction of sp³-hybridized carbons (Fsp3) is 0.310. The van der Waals surface area contributed by atoms with Gasteiger partial charge in [0, 0.05) is 23.5 Å². The molecule has 2 amide bonds. The van der Waals surface area contributed by atoms with Crippen LogP contribution < -0.4 is 10.1 Å². The molecule has 0 bridgehead atoms. The highest BCUT2D eigenvalue weighted by molar-refractivity contribution is 6.30. The van der Waals surface area contributed by atoms with Gasteiger partial charge in [0.05, 0.1) is 13.5 Å². The van der Waals surface area contributed by atoms with Crippen LogP contribution in [0.3, 0.4) is 0 Å². The summed E-state index contributed by atoms with van der Waals surface area (Å²) < 4.78 is 5.38. The number of nitrogens with one attached hydrogen (secondary N) is 1. The van der Waals surface area contributed by atoms with Crippen molar-refractivity contribution in [3.8, 4) is 5.75 Å². The van der Waals surface area contributed by atoms with Crippen LogP contribution in [-0.2, 0) is 29.0 Å². The average Bonchev–Trinajstić information content (AvgIpc) is 2.81. The molecule has 0 saturated carbocycles. The number of halogens is 1. The second kappa shape index (κ2) is 11.9. The van der Waals surface area contributed by atoms with Gasteiger partial charge in [0.2, 0.25) is 11.8 Å². The molecule has 0 heterocycles. The molecule has 3 aromatic rings. The van der Waals surface area contributed by atoms with Crippen molar-refractivity contribution in [1.82, 2.24) is 10.2 Å². The number of carbonyl (C=O) groups is 2. The summed E-state index contributed by atoms with van der Waals surface area (Å²) in [5.74, 6) is 0.354. The zero-order chi connectivity index (χ0) is 25.4. The molecule has 0 aliphatic heterocycles. The van der Waals surface area contributed by atoms with E-state index in [2.05, 4.69) is 5.32 Å². The van der Waals surface area contributed by atoms with Crippen LogP contribution in [-0.4, -0.2) is 35.4 Å². The highest BCUT2D eigenvalue weighted by atomic mass is 35.5. The molecule has 1 atom stereocenters. The summed E-state index contributed by atoms with van der Waals surface area (Å²) in [6.45, 7) is 6.08. The summed E-state index contributed by atoms with van der Waals surface area (Å²) in [6, 6.07) is 23.9. The van der Waals surface area contributed by atoms with Crippen molar-refractivity contribution in [3.05, 3.63) is 101 Å². The molecule has 0 radical (unpaired) electrons. The van der Waals surface area contributed by atoms with Gasteiger partial charge >= 0.3 is 0 Å². The van der Waals surface area contributed by atoms with Gasteiger partial charge in [-0.15, -0.1) is 0 Å². The van der Waals surface area contributed by atoms with Crippen LogP contribution in [0.25, 0.3) is 0 Å². The third kappa shape index (κ3) is 8.15. The molecule has 0 aliphatic carbocycles. The molecule has 3 rings (SSSR count). The number of rotatable bonds is 9. The van der Waals surface area contributed by atoms with Crippen LogP contribution in [0.5, 0.6) is 5.75 Å². The van der Waals surface area contributed by atoms with Crippen molar-refractivity contribution >= 4 is 23.4 Å². The molecular weight excluding hydrogens is 460 g/mol. The first-order valence-corrected chi connectivity index (χ1v) is 12.1. The van der Waals surface area contributed by atoms with Gasteiger partial charge in [-0.2, -0.15) is 0 Å². The summed E-state index contributed by atoms with van der Waals surface area (Å²) in [5.41, 5.74) is 2.22. The highest BCUT2D eigenvalue weighted by Gasteiger charge is 2.32. The summed E-state index contributed by atoms with van der Waals surface area (Å²) in [6.07, 6.45) is 0.534. The number of methoxy groups -OCH3 is 1. The number of hydrogen-bond donors (Lipinski definition) is 1. The van der Waals surface area contributed by atoms with Gasteiger partial charge in [0.1, 0.15) is 11.8 Å². The number of nitrogens with zero attached hydrogens (tertiary/aromatic N) is 1. The molecule has 0 fully saturated rings. The third-order valence-electron chi connectivity index (χ3n) is 5.50. The van der Waals surface area contributed by atoms with Crippen molar-refractivity contribution < 1.29 is 14.3 Å². The fourth-order valence-corrected chi connectivity index (χ4v) is 4.11. The smallest absolute Gasteiger partial charge is 0.243 e. The quantitative estimate of drug-likeness (QED) is 0.432. The number of ether oxygens (including phenoxy) is 1. The lowest BCUT2D eigenvalue weighted by Gasteiger charge is -2.34. The highest BCUT2D eigenvalue weighted by Crippen LogP contribution is 2.21. The Morgan fingerprint density at radius 1 is 0.914 bits per heavy atom. The fourth-order valence-electron chi connectivity index (χ4n) is 3.90. The lowest BCUT2D eigenvalue weighted by atomic mass is 9.99. The SMILES string of the molecule is COc1cccc(CN(C(=O)Cc2cccc(Cl)c2)[C@@H](Cc2ccccc2)C(=O)NC(C)(C)C)c1. The molecule has 0 aromatic heterocycles. The van der Waals surface area contributed by atoms with Gasteiger partial charge in [-0.25, -0.2) is 0 Å². The minimum Gasteiger partial charge on any atom is -0.497 e. The molecule has 5 nitrogen and oxygen atoms in total. The Bertz CT molecular complexity index is 1140. The Balaban J connectivity index is 2.00. The number of amides is 2. The molecule has 6 heteroatoms. The molecule has 0 unspecified atom stereocenters. The van der Waals surface area contributed by atoms with E-state index in [-0.39, 0.29) is 24.8 Å². The summed E-state index contributed by atoms with van der Waals surface area (Å²) in [5, 5.41) is 3.65. The summed E-state index contributed by atoms with van der Waals surface area (Å²) >= 11 is 6.16. The minimum atomic E-state index is -0.700. The van der Waals surface area contributed by atoms with E-state index in [0.717, 1.165) is 16.7 Å². The topological polar surface area (TPSA) is 58.6 Å². The van der Waals surface area contributed by atoms with Gasteiger partial charge in [-0.3, -0.25) is 9.59 Å². The van der Waals surface area contributed by atoms with Gasteiger partial charge in [0.25, 0.3) is 0 Å². The molecule has 0 spiro atoms. The Morgan fingerprint density at radius 2 is 1.57 bits per heavy atom. The lowest BCUT2D eigenvalue weighted by Crippen LogP contribution is -2.54. The monoisotopic (exact) mass is 492 g/mol. The number of carbonyl (C=O) groups excluding carboxylic acids is 2.